The monoisotopic (exact) mass is 464 g/mol. The van der Waals surface area contributed by atoms with E-state index in [9.17, 15) is 24.5 Å². The molecule has 10 nitrogen and oxygen atoms in total. The van der Waals surface area contributed by atoms with Gasteiger partial charge in [-0.15, -0.1) is 0 Å². The number of nitrogens with one attached hydrogen (secondary N) is 1. The smallest absolute Gasteiger partial charge is 0.335 e. The number of aryl methyl sites for hydroxylation is 1. The fraction of sp³-hybridized carbons (Fsp3) is 0.375. The summed E-state index contributed by atoms with van der Waals surface area (Å²) < 4.78 is 6.05. The van der Waals surface area contributed by atoms with Crippen LogP contribution in [0.5, 0.6) is 0 Å². The molecule has 3 heterocycles. The van der Waals surface area contributed by atoms with Crippen LogP contribution >= 0.6 is 0 Å². The summed E-state index contributed by atoms with van der Waals surface area (Å²) in [5.41, 5.74) is 0.690. The number of hydrogen-bond acceptors (Lipinski definition) is 7. The Morgan fingerprint density at radius 3 is 2.50 bits per heavy atom. The average molecular weight is 464 g/mol. The Hall–Kier alpha value is -3.79. The molecule has 2 aromatic rings. The Balaban J connectivity index is 1.70. The number of nitro benzene ring substituents is 1. The molecule has 4 atom stereocenters. The SMILES string of the molecule is Cc1ccc(N2C(=O)NC(=O)[C@]3(Cc4cc([N+](=O)[O-])ccc4N4C[C@H](C)O[C@H](C)[C@@H]43)C2=O)cc1. The summed E-state index contributed by atoms with van der Waals surface area (Å²) in [5.74, 6) is -1.38. The second-order valence-corrected chi connectivity index (χ2v) is 9.20. The predicted octanol–water partition coefficient (Wildman–Crippen LogP) is 2.71. The van der Waals surface area contributed by atoms with Crippen molar-refractivity contribution in [1.82, 2.24) is 5.32 Å². The molecule has 0 unspecified atom stereocenters. The number of barbiturate groups is 1. The van der Waals surface area contributed by atoms with Crippen molar-refractivity contribution in [2.45, 2.75) is 45.4 Å². The Bertz CT molecular complexity index is 1230. The van der Waals surface area contributed by atoms with Crippen molar-refractivity contribution in [3.05, 3.63) is 63.7 Å². The number of hydrogen-bond donors (Lipinski definition) is 1. The number of nitrogens with zero attached hydrogens (tertiary/aromatic N) is 3. The standard InChI is InChI=1S/C24H24N4O6/c1-13-4-6-17(7-5-13)27-22(30)24(21(29)25-23(27)31)11-16-10-18(28(32)33)8-9-19(16)26-12-14(2)34-15(3)20(24)26/h4-10,14-15,20H,11-12H2,1-3H3,(H,25,29,31)/t14-,15+,20+,24+/m0/s1. The third kappa shape index (κ3) is 3.09. The number of imide groups is 2. The van der Waals surface area contributed by atoms with E-state index in [1.165, 1.54) is 12.1 Å². The number of ether oxygens (including phenoxy) is 1. The summed E-state index contributed by atoms with van der Waals surface area (Å²) in [4.78, 5) is 54.4. The van der Waals surface area contributed by atoms with Crippen LogP contribution in [0.25, 0.3) is 0 Å². The normalized spacial score (nSPS) is 28.4. The van der Waals surface area contributed by atoms with Crippen LogP contribution < -0.4 is 15.1 Å². The highest BCUT2D eigenvalue weighted by Gasteiger charge is 2.65. The molecule has 5 rings (SSSR count). The summed E-state index contributed by atoms with van der Waals surface area (Å²) in [6.07, 6.45) is -0.802. The zero-order valence-electron chi connectivity index (χ0n) is 19.0. The molecule has 3 aliphatic heterocycles. The second kappa shape index (κ2) is 7.63. The molecule has 1 N–H and O–H groups in total. The van der Waals surface area contributed by atoms with Gasteiger partial charge in [0.25, 0.3) is 11.6 Å². The van der Waals surface area contributed by atoms with E-state index in [2.05, 4.69) is 5.32 Å². The molecule has 0 aliphatic carbocycles. The van der Waals surface area contributed by atoms with Gasteiger partial charge in [0.05, 0.1) is 28.9 Å². The van der Waals surface area contributed by atoms with E-state index in [1.807, 2.05) is 18.7 Å². The van der Waals surface area contributed by atoms with Gasteiger partial charge in [-0.05, 0) is 44.5 Å². The van der Waals surface area contributed by atoms with Crippen molar-refractivity contribution in [1.29, 1.82) is 0 Å². The van der Waals surface area contributed by atoms with Crippen molar-refractivity contribution in [2.24, 2.45) is 5.41 Å². The molecular weight excluding hydrogens is 440 g/mol. The summed E-state index contributed by atoms with van der Waals surface area (Å²) in [6.45, 7) is 5.97. The van der Waals surface area contributed by atoms with E-state index < -0.39 is 40.3 Å². The number of amides is 4. The third-order valence-corrected chi connectivity index (χ3v) is 6.94. The number of nitro groups is 1. The minimum atomic E-state index is -1.71. The van der Waals surface area contributed by atoms with Crippen molar-refractivity contribution >= 4 is 34.9 Å². The van der Waals surface area contributed by atoms with Gasteiger partial charge < -0.3 is 9.64 Å². The van der Waals surface area contributed by atoms with Gasteiger partial charge in [-0.25, -0.2) is 9.69 Å². The molecular formula is C24H24N4O6. The number of rotatable bonds is 2. The lowest BCUT2D eigenvalue weighted by Gasteiger charge is -2.56. The lowest BCUT2D eigenvalue weighted by Crippen LogP contribution is -2.76. The summed E-state index contributed by atoms with van der Waals surface area (Å²) >= 11 is 0. The molecule has 0 bridgehead atoms. The number of benzene rings is 2. The fourth-order valence-electron chi connectivity index (χ4n) is 5.55. The van der Waals surface area contributed by atoms with Crippen LogP contribution in [0.4, 0.5) is 21.9 Å². The van der Waals surface area contributed by atoms with Gasteiger partial charge in [0.15, 0.2) is 5.41 Å². The van der Waals surface area contributed by atoms with E-state index in [-0.39, 0.29) is 18.2 Å². The molecule has 2 fully saturated rings. The minimum absolute atomic E-state index is 0.0897. The Kier molecular flexibility index (Phi) is 4.94. The Morgan fingerprint density at radius 1 is 1.12 bits per heavy atom. The lowest BCUT2D eigenvalue weighted by molar-refractivity contribution is -0.384. The summed E-state index contributed by atoms with van der Waals surface area (Å²) in [7, 11) is 0. The summed E-state index contributed by atoms with van der Waals surface area (Å²) in [5, 5.41) is 13.8. The number of carbonyl (C=O) groups is 3. The predicted molar refractivity (Wildman–Crippen MR) is 123 cm³/mol. The van der Waals surface area contributed by atoms with Crippen molar-refractivity contribution in [3.8, 4) is 0 Å². The Labute approximate surface area is 195 Å². The van der Waals surface area contributed by atoms with Crippen LogP contribution in [0.2, 0.25) is 0 Å². The maximum atomic E-state index is 14.1. The molecule has 0 aromatic heterocycles. The third-order valence-electron chi connectivity index (χ3n) is 6.94. The van der Waals surface area contributed by atoms with Gasteiger partial charge in [0, 0.05) is 30.8 Å². The van der Waals surface area contributed by atoms with Crippen LogP contribution in [0, 0.1) is 22.5 Å². The van der Waals surface area contributed by atoms with E-state index in [0.29, 0.717) is 17.8 Å². The molecule has 3 aliphatic rings. The highest BCUT2D eigenvalue weighted by atomic mass is 16.6. The fourth-order valence-corrected chi connectivity index (χ4v) is 5.55. The highest BCUT2D eigenvalue weighted by molar-refractivity contribution is 6.30. The minimum Gasteiger partial charge on any atom is -0.372 e. The van der Waals surface area contributed by atoms with Gasteiger partial charge in [-0.3, -0.25) is 25.0 Å². The van der Waals surface area contributed by atoms with Gasteiger partial charge >= 0.3 is 6.03 Å². The number of non-ortho nitro benzene ring substituents is 1. The first kappa shape index (κ1) is 22.0. The first-order chi connectivity index (χ1) is 16.1. The lowest BCUT2D eigenvalue weighted by atomic mass is 9.66. The molecule has 176 valence electrons. The van der Waals surface area contributed by atoms with Crippen molar-refractivity contribution in [3.63, 3.8) is 0 Å². The number of fused-ring (bicyclic) bond motifs is 4. The average Bonchev–Trinajstić information content (AvgIpc) is 2.78. The van der Waals surface area contributed by atoms with Crippen LogP contribution in [0.15, 0.2) is 42.5 Å². The maximum Gasteiger partial charge on any atom is 0.335 e. The molecule has 0 saturated carbocycles. The largest absolute Gasteiger partial charge is 0.372 e. The van der Waals surface area contributed by atoms with Crippen molar-refractivity contribution in [2.75, 3.05) is 16.3 Å². The molecule has 34 heavy (non-hydrogen) atoms. The van der Waals surface area contributed by atoms with Crippen LogP contribution in [0.1, 0.15) is 25.0 Å². The second-order valence-electron chi connectivity index (χ2n) is 9.20. The zero-order valence-corrected chi connectivity index (χ0v) is 19.0. The quantitative estimate of drug-likeness (QED) is 0.412. The number of morpholine rings is 1. The first-order valence-corrected chi connectivity index (χ1v) is 11.1. The maximum absolute atomic E-state index is 14.1. The molecule has 0 radical (unpaired) electrons. The zero-order chi connectivity index (χ0) is 24.4. The topological polar surface area (TPSA) is 122 Å². The first-order valence-electron chi connectivity index (χ1n) is 11.1. The highest BCUT2D eigenvalue weighted by Crippen LogP contribution is 2.48. The van der Waals surface area contributed by atoms with E-state index in [0.717, 1.165) is 16.2 Å². The number of anilines is 2. The van der Waals surface area contributed by atoms with Gasteiger partial charge in [-0.1, -0.05) is 17.7 Å². The molecule has 1 spiro atoms. The molecule has 2 aromatic carbocycles. The van der Waals surface area contributed by atoms with Crippen LogP contribution in [-0.4, -0.2) is 47.6 Å². The van der Waals surface area contributed by atoms with E-state index in [4.69, 9.17) is 4.74 Å². The summed E-state index contributed by atoms with van der Waals surface area (Å²) in [6, 6.07) is 9.82. The molecule has 4 amide bonds. The van der Waals surface area contributed by atoms with Crippen molar-refractivity contribution < 1.29 is 24.0 Å². The molecule has 2 saturated heterocycles. The number of carbonyl (C=O) groups excluding carboxylic acids is 3. The molecule has 10 heteroatoms. The van der Waals surface area contributed by atoms with E-state index in [1.54, 1.807) is 37.3 Å². The number of urea groups is 1. The van der Waals surface area contributed by atoms with E-state index >= 15 is 0 Å². The van der Waals surface area contributed by atoms with Crippen LogP contribution in [0.3, 0.4) is 0 Å². The van der Waals surface area contributed by atoms with Gasteiger partial charge in [0.2, 0.25) is 5.91 Å². The van der Waals surface area contributed by atoms with Gasteiger partial charge in [0.1, 0.15) is 0 Å². The Morgan fingerprint density at radius 2 is 1.82 bits per heavy atom. The van der Waals surface area contributed by atoms with Gasteiger partial charge in [-0.2, -0.15) is 0 Å². The van der Waals surface area contributed by atoms with Crippen LogP contribution in [-0.2, 0) is 20.7 Å².